The molecule has 10 heteroatoms. The number of allylic oxidation sites excluding steroid dienone is 2. The molecule has 0 aliphatic carbocycles. The molecular weight excluding hydrogens is 476 g/mol. The van der Waals surface area contributed by atoms with Gasteiger partial charge in [-0.15, -0.1) is 0 Å². The first-order valence-corrected chi connectivity index (χ1v) is 12.6. The topological polar surface area (TPSA) is 84.6 Å². The van der Waals surface area contributed by atoms with E-state index < -0.39 is 11.6 Å². The number of likely N-dealkylation sites (N-methyl/N-ethyl adjacent to an activating group) is 1. The van der Waals surface area contributed by atoms with Gasteiger partial charge in [0, 0.05) is 73.8 Å². The van der Waals surface area contributed by atoms with Crippen LogP contribution < -0.4 is 10.1 Å². The molecule has 1 fully saturated rings. The summed E-state index contributed by atoms with van der Waals surface area (Å²) < 4.78 is 35.4. The number of halogens is 2. The van der Waals surface area contributed by atoms with Gasteiger partial charge in [-0.2, -0.15) is 10.1 Å². The minimum atomic E-state index is -0.641. The molecule has 0 saturated carbocycles. The maximum atomic E-state index is 15.1. The Bertz CT molecular complexity index is 1330. The lowest BCUT2D eigenvalue weighted by Crippen LogP contribution is -2.43. The zero-order chi connectivity index (χ0) is 26.5. The van der Waals surface area contributed by atoms with Crippen LogP contribution in [0.1, 0.15) is 38.1 Å². The molecule has 1 aliphatic heterocycles. The smallest absolute Gasteiger partial charge is 0.193 e. The lowest BCUT2D eigenvalue weighted by atomic mass is 10.2. The van der Waals surface area contributed by atoms with Crippen molar-refractivity contribution in [1.29, 1.82) is 0 Å². The summed E-state index contributed by atoms with van der Waals surface area (Å²) in [5, 5.41) is 10.5. The monoisotopic (exact) mass is 511 g/mol. The summed E-state index contributed by atoms with van der Waals surface area (Å²) in [5.41, 5.74) is 2.72. The van der Waals surface area contributed by atoms with Crippen LogP contribution >= 0.6 is 0 Å². The molecule has 4 rings (SSSR count). The average Bonchev–Trinajstić information content (AvgIpc) is 3.45. The Morgan fingerprint density at radius 2 is 1.92 bits per heavy atom. The predicted molar refractivity (Wildman–Crippen MR) is 144 cm³/mol. The van der Waals surface area contributed by atoms with E-state index in [1.807, 2.05) is 19.1 Å². The van der Waals surface area contributed by atoms with Crippen molar-refractivity contribution in [2.75, 3.05) is 38.5 Å². The number of hydrogen-bond donors (Lipinski definition) is 3. The van der Waals surface area contributed by atoms with Gasteiger partial charge >= 0.3 is 0 Å². The number of benzene rings is 1. The highest BCUT2D eigenvalue weighted by atomic mass is 19.1. The number of aryl methyl sites for hydroxylation is 2. The molecule has 1 saturated heterocycles. The van der Waals surface area contributed by atoms with Crippen LogP contribution in [0.3, 0.4) is 0 Å². The van der Waals surface area contributed by atoms with Crippen molar-refractivity contribution in [3.8, 4) is 5.75 Å². The molecule has 0 spiro atoms. The number of nitrogens with one attached hydrogen (secondary N) is 3. The second-order valence-electron chi connectivity index (χ2n) is 9.44. The minimum absolute atomic E-state index is 0.117. The van der Waals surface area contributed by atoms with Gasteiger partial charge in [0.05, 0.1) is 5.52 Å². The van der Waals surface area contributed by atoms with Crippen molar-refractivity contribution >= 4 is 22.6 Å². The Morgan fingerprint density at radius 3 is 2.59 bits per heavy atom. The number of H-pyrrole nitrogens is 2. The Morgan fingerprint density at radius 1 is 1.16 bits per heavy atom. The quantitative estimate of drug-likeness (QED) is 0.212. The predicted octanol–water partition coefficient (Wildman–Crippen LogP) is 5.47. The zero-order valence-corrected chi connectivity index (χ0v) is 22.1. The van der Waals surface area contributed by atoms with Gasteiger partial charge in [-0.25, -0.2) is 8.78 Å². The molecule has 3 N–H and O–H groups in total. The van der Waals surface area contributed by atoms with E-state index in [1.165, 1.54) is 0 Å². The van der Waals surface area contributed by atoms with Gasteiger partial charge in [-0.3, -0.25) is 5.10 Å². The molecular formula is C27H35F2N7O. The Hall–Kier alpha value is -3.66. The second kappa shape index (κ2) is 11.6. The number of aromatic nitrogens is 3. The number of fused-ring (bicyclic) bond motifs is 1. The van der Waals surface area contributed by atoms with Crippen LogP contribution in [0.2, 0.25) is 0 Å². The maximum Gasteiger partial charge on any atom is 0.193 e. The van der Waals surface area contributed by atoms with Gasteiger partial charge in [-0.05, 0) is 33.4 Å². The molecule has 3 aromatic rings. The number of unbranched alkanes of at least 4 members (excludes halogenated alkanes) is 1. The summed E-state index contributed by atoms with van der Waals surface area (Å²) in [5.74, 6) is -0.226. The fourth-order valence-electron chi connectivity index (χ4n) is 4.25. The van der Waals surface area contributed by atoms with Crippen molar-refractivity contribution in [3.63, 3.8) is 0 Å². The van der Waals surface area contributed by atoms with Crippen LogP contribution in [0.25, 0.3) is 10.9 Å². The average molecular weight is 512 g/mol. The van der Waals surface area contributed by atoms with Gasteiger partial charge in [0.25, 0.3) is 0 Å². The van der Waals surface area contributed by atoms with E-state index in [9.17, 15) is 4.39 Å². The highest BCUT2D eigenvalue weighted by Gasteiger charge is 2.18. The number of anilines is 1. The summed E-state index contributed by atoms with van der Waals surface area (Å²) in [6, 6.07) is 4.46. The fourth-order valence-corrected chi connectivity index (χ4v) is 4.25. The molecule has 1 aliphatic rings. The van der Waals surface area contributed by atoms with E-state index in [4.69, 9.17) is 4.74 Å². The van der Waals surface area contributed by atoms with E-state index in [-0.39, 0.29) is 22.6 Å². The van der Waals surface area contributed by atoms with Gasteiger partial charge in [0.15, 0.2) is 29.1 Å². The molecule has 0 amide bonds. The lowest BCUT2D eigenvalue weighted by molar-refractivity contribution is 0.189. The number of nitrogens with zero attached hydrogens (tertiary/aromatic N) is 4. The molecule has 198 valence electrons. The first-order chi connectivity index (χ1) is 17.7. The Balaban J connectivity index is 1.67. The highest BCUT2D eigenvalue weighted by Crippen LogP contribution is 2.30. The molecule has 0 radical (unpaired) electrons. The van der Waals surface area contributed by atoms with Gasteiger partial charge < -0.3 is 24.8 Å². The van der Waals surface area contributed by atoms with E-state index in [2.05, 4.69) is 55.3 Å². The molecule has 37 heavy (non-hydrogen) atoms. The van der Waals surface area contributed by atoms with Gasteiger partial charge in [0.1, 0.15) is 5.82 Å². The van der Waals surface area contributed by atoms with E-state index in [0.29, 0.717) is 17.3 Å². The van der Waals surface area contributed by atoms with Crippen LogP contribution in [0.4, 0.5) is 14.6 Å². The highest BCUT2D eigenvalue weighted by molar-refractivity contribution is 5.85. The third-order valence-electron chi connectivity index (χ3n) is 6.19. The van der Waals surface area contributed by atoms with Crippen molar-refractivity contribution in [1.82, 2.24) is 25.0 Å². The Labute approximate surface area is 216 Å². The first-order valence-electron chi connectivity index (χ1n) is 12.6. The number of hydrogen-bond acceptors (Lipinski definition) is 6. The van der Waals surface area contributed by atoms with Crippen LogP contribution in [0.15, 0.2) is 46.9 Å². The molecule has 0 bridgehead atoms. The minimum Gasteiger partial charge on any atom is -0.440 e. The van der Waals surface area contributed by atoms with Crippen LogP contribution in [0.5, 0.6) is 5.75 Å². The summed E-state index contributed by atoms with van der Waals surface area (Å²) in [7, 11) is 2.12. The lowest BCUT2D eigenvalue weighted by Gasteiger charge is -2.35. The number of aromatic amines is 2. The van der Waals surface area contributed by atoms with E-state index in [1.54, 1.807) is 19.9 Å². The normalized spacial score (nSPS) is 16.1. The van der Waals surface area contributed by atoms with Crippen molar-refractivity contribution in [2.45, 2.75) is 40.5 Å². The molecule has 3 heterocycles. The summed E-state index contributed by atoms with van der Waals surface area (Å²) in [6.45, 7) is 11.1. The molecule has 8 nitrogen and oxygen atoms in total. The fraction of sp³-hybridized carbons (Fsp3) is 0.407. The van der Waals surface area contributed by atoms with Crippen molar-refractivity contribution in [3.05, 3.63) is 64.9 Å². The van der Waals surface area contributed by atoms with Crippen molar-refractivity contribution < 1.29 is 13.5 Å². The first kappa shape index (κ1) is 26.4. The second-order valence-corrected chi connectivity index (χ2v) is 9.44. The summed E-state index contributed by atoms with van der Waals surface area (Å²) in [4.78, 5) is 12.1. The summed E-state index contributed by atoms with van der Waals surface area (Å²) >= 11 is 0. The molecule has 2 aromatic heterocycles. The standard InChI is InChI=1S/C27H35F2N7O/c1-6-7-8-20(36-11-9-35(5)10-12-36)15-24(32-25-14-18(3)33-34-25)31-19(4)37-23-16-22(28)27-21(26(23)29)13-17(2)30-27/h8,13-16,30H,6-7,9-12H2,1-5H3,(H2,32,33,34)/b20-8-,24-15+,31-19+. The number of aliphatic imine (C=N–C) groups is 1. The third-order valence-corrected chi connectivity index (χ3v) is 6.19. The van der Waals surface area contributed by atoms with Crippen LogP contribution in [0, 0.1) is 25.5 Å². The number of piperazine rings is 1. The number of ether oxygens (including phenoxy) is 1. The van der Waals surface area contributed by atoms with E-state index in [0.717, 1.165) is 56.5 Å². The van der Waals surface area contributed by atoms with Crippen molar-refractivity contribution in [2.24, 2.45) is 4.99 Å². The Kier molecular flexibility index (Phi) is 8.27. The molecule has 0 atom stereocenters. The third kappa shape index (κ3) is 6.56. The van der Waals surface area contributed by atoms with Gasteiger partial charge in [-0.1, -0.05) is 19.4 Å². The van der Waals surface area contributed by atoms with E-state index >= 15 is 4.39 Å². The maximum absolute atomic E-state index is 15.1. The SMILES string of the molecule is CCC/C=C(/C=C(\N=C(/C)Oc1cc(F)c2[nH]c(C)cc2c1F)Nc1cc(C)[nH]n1)N1CCN(C)CC1. The molecule has 0 unspecified atom stereocenters. The van der Waals surface area contributed by atoms with Crippen LogP contribution in [-0.4, -0.2) is 64.1 Å². The summed E-state index contributed by atoms with van der Waals surface area (Å²) in [6.07, 6.45) is 6.09. The largest absolute Gasteiger partial charge is 0.440 e. The van der Waals surface area contributed by atoms with Gasteiger partial charge in [0.2, 0.25) is 0 Å². The zero-order valence-electron chi connectivity index (χ0n) is 22.1. The molecule has 1 aromatic carbocycles. The number of rotatable bonds is 8. The van der Waals surface area contributed by atoms with Crippen LogP contribution in [-0.2, 0) is 0 Å².